The molecule has 2 N–H and O–H groups in total. The van der Waals surface area contributed by atoms with Gasteiger partial charge in [0, 0.05) is 23.2 Å². The van der Waals surface area contributed by atoms with E-state index in [0.29, 0.717) is 17.7 Å². The van der Waals surface area contributed by atoms with Crippen LogP contribution in [0.2, 0.25) is 0 Å². The van der Waals surface area contributed by atoms with Gasteiger partial charge in [0.2, 0.25) is 0 Å². The van der Waals surface area contributed by atoms with Crippen molar-refractivity contribution in [3.63, 3.8) is 0 Å². The SMILES string of the molecule is COc1ccc(N)c2c1CCCC2=O. The van der Waals surface area contributed by atoms with Crippen molar-refractivity contribution in [1.29, 1.82) is 0 Å². The standard InChI is InChI=1S/C11H13NO2/c1-14-10-6-5-8(12)11-7(10)3-2-4-9(11)13/h5-6H,2-4,12H2,1H3. The highest BCUT2D eigenvalue weighted by Crippen LogP contribution is 2.33. The van der Waals surface area contributed by atoms with Crippen LogP contribution in [0.1, 0.15) is 28.8 Å². The van der Waals surface area contributed by atoms with Crippen molar-refractivity contribution in [2.75, 3.05) is 12.8 Å². The van der Waals surface area contributed by atoms with Crippen LogP contribution in [0.5, 0.6) is 5.75 Å². The number of hydrogen-bond acceptors (Lipinski definition) is 3. The Bertz CT molecular complexity index is 385. The molecule has 1 aliphatic rings. The van der Waals surface area contributed by atoms with Crippen LogP contribution in [0.15, 0.2) is 12.1 Å². The van der Waals surface area contributed by atoms with Crippen LogP contribution in [0.4, 0.5) is 5.69 Å². The predicted molar refractivity (Wildman–Crippen MR) is 54.7 cm³/mol. The zero-order valence-corrected chi connectivity index (χ0v) is 8.17. The number of ketones is 1. The maximum Gasteiger partial charge on any atom is 0.165 e. The van der Waals surface area contributed by atoms with Gasteiger partial charge in [0.1, 0.15) is 5.75 Å². The molecule has 1 aromatic carbocycles. The second kappa shape index (κ2) is 3.33. The van der Waals surface area contributed by atoms with Crippen LogP contribution < -0.4 is 10.5 Å². The maximum atomic E-state index is 11.6. The zero-order chi connectivity index (χ0) is 10.1. The van der Waals surface area contributed by atoms with Crippen LogP contribution >= 0.6 is 0 Å². The summed E-state index contributed by atoms with van der Waals surface area (Å²) < 4.78 is 5.21. The number of rotatable bonds is 1. The second-order valence-electron chi connectivity index (χ2n) is 3.49. The molecule has 0 amide bonds. The van der Waals surface area contributed by atoms with E-state index in [4.69, 9.17) is 10.5 Å². The molecule has 0 radical (unpaired) electrons. The summed E-state index contributed by atoms with van der Waals surface area (Å²) in [7, 11) is 1.62. The average molecular weight is 191 g/mol. The Kier molecular flexibility index (Phi) is 2.15. The van der Waals surface area contributed by atoms with Gasteiger partial charge in [-0.3, -0.25) is 4.79 Å². The summed E-state index contributed by atoms with van der Waals surface area (Å²) >= 11 is 0. The molecule has 3 heteroatoms. The van der Waals surface area contributed by atoms with Gasteiger partial charge in [0.25, 0.3) is 0 Å². The quantitative estimate of drug-likeness (QED) is 0.688. The van der Waals surface area contributed by atoms with E-state index < -0.39 is 0 Å². The summed E-state index contributed by atoms with van der Waals surface area (Å²) in [5.74, 6) is 0.921. The first-order valence-electron chi connectivity index (χ1n) is 4.72. The largest absolute Gasteiger partial charge is 0.496 e. The number of carbonyl (C=O) groups excluding carboxylic acids is 1. The van der Waals surface area contributed by atoms with Crippen LogP contribution in [0.3, 0.4) is 0 Å². The first-order valence-corrected chi connectivity index (χ1v) is 4.72. The highest BCUT2D eigenvalue weighted by Gasteiger charge is 2.22. The molecule has 3 nitrogen and oxygen atoms in total. The average Bonchev–Trinajstić information content (AvgIpc) is 2.18. The number of anilines is 1. The molecular formula is C11H13NO2. The minimum atomic E-state index is 0.141. The van der Waals surface area contributed by atoms with E-state index in [0.717, 1.165) is 24.2 Å². The monoisotopic (exact) mass is 191 g/mol. The van der Waals surface area contributed by atoms with Gasteiger partial charge in [0.15, 0.2) is 5.78 Å². The molecule has 0 heterocycles. The molecule has 74 valence electrons. The molecule has 0 saturated carbocycles. The van der Waals surface area contributed by atoms with Crippen molar-refractivity contribution in [1.82, 2.24) is 0 Å². The lowest BCUT2D eigenvalue weighted by Crippen LogP contribution is -2.14. The first kappa shape index (κ1) is 9.06. The number of fused-ring (bicyclic) bond motifs is 1. The van der Waals surface area contributed by atoms with Gasteiger partial charge in [-0.15, -0.1) is 0 Å². The summed E-state index contributed by atoms with van der Waals surface area (Å²) in [5, 5.41) is 0. The maximum absolute atomic E-state index is 11.6. The number of nitrogen functional groups attached to an aromatic ring is 1. The van der Waals surface area contributed by atoms with E-state index in [2.05, 4.69) is 0 Å². The smallest absolute Gasteiger partial charge is 0.165 e. The van der Waals surface area contributed by atoms with Crippen LogP contribution in [-0.4, -0.2) is 12.9 Å². The van der Waals surface area contributed by atoms with Gasteiger partial charge in [-0.25, -0.2) is 0 Å². The predicted octanol–water partition coefficient (Wildman–Crippen LogP) is 1.80. The summed E-state index contributed by atoms with van der Waals surface area (Å²) in [6.45, 7) is 0. The van der Waals surface area contributed by atoms with Gasteiger partial charge in [-0.1, -0.05) is 0 Å². The third kappa shape index (κ3) is 1.25. The highest BCUT2D eigenvalue weighted by molar-refractivity contribution is 6.03. The topological polar surface area (TPSA) is 52.3 Å². The van der Waals surface area contributed by atoms with Crippen LogP contribution in [0, 0.1) is 0 Å². The summed E-state index contributed by atoms with van der Waals surface area (Å²) in [4.78, 5) is 11.6. The molecule has 0 aliphatic heterocycles. The highest BCUT2D eigenvalue weighted by atomic mass is 16.5. The number of ether oxygens (including phenoxy) is 1. The number of carbonyl (C=O) groups is 1. The minimum Gasteiger partial charge on any atom is -0.496 e. The van der Waals surface area contributed by atoms with E-state index >= 15 is 0 Å². The Balaban J connectivity index is 2.63. The van der Waals surface area contributed by atoms with Gasteiger partial charge >= 0.3 is 0 Å². The second-order valence-corrected chi connectivity index (χ2v) is 3.49. The third-order valence-electron chi connectivity index (χ3n) is 2.63. The fourth-order valence-electron chi connectivity index (χ4n) is 1.97. The number of nitrogens with two attached hydrogens (primary N) is 1. The molecule has 0 spiro atoms. The zero-order valence-electron chi connectivity index (χ0n) is 8.17. The lowest BCUT2D eigenvalue weighted by molar-refractivity contribution is 0.0972. The molecule has 0 saturated heterocycles. The fraction of sp³-hybridized carbons (Fsp3) is 0.364. The normalized spacial score (nSPS) is 15.1. The molecule has 0 bridgehead atoms. The summed E-state index contributed by atoms with van der Waals surface area (Å²) in [5.41, 5.74) is 8.01. The van der Waals surface area contributed by atoms with Gasteiger partial charge in [-0.05, 0) is 25.0 Å². The molecule has 0 unspecified atom stereocenters. The Morgan fingerprint density at radius 1 is 1.36 bits per heavy atom. The number of Topliss-reactive ketones (excluding diaryl/α,β-unsaturated/α-hetero) is 1. The van der Waals surface area contributed by atoms with Crippen molar-refractivity contribution in [2.45, 2.75) is 19.3 Å². The Morgan fingerprint density at radius 2 is 2.14 bits per heavy atom. The van der Waals surface area contributed by atoms with Gasteiger partial charge in [-0.2, -0.15) is 0 Å². The summed E-state index contributed by atoms with van der Waals surface area (Å²) in [6, 6.07) is 3.56. The van der Waals surface area contributed by atoms with Crippen molar-refractivity contribution in [2.24, 2.45) is 0 Å². The van der Waals surface area contributed by atoms with E-state index in [-0.39, 0.29) is 5.78 Å². The number of methoxy groups -OCH3 is 1. The number of hydrogen-bond donors (Lipinski definition) is 1. The molecular weight excluding hydrogens is 178 g/mol. The van der Waals surface area contributed by atoms with Crippen molar-refractivity contribution < 1.29 is 9.53 Å². The molecule has 0 atom stereocenters. The van der Waals surface area contributed by atoms with Crippen LogP contribution in [-0.2, 0) is 6.42 Å². The van der Waals surface area contributed by atoms with Crippen LogP contribution in [0.25, 0.3) is 0 Å². The van der Waals surface area contributed by atoms with E-state index in [9.17, 15) is 4.79 Å². The molecule has 14 heavy (non-hydrogen) atoms. The van der Waals surface area contributed by atoms with Gasteiger partial charge in [0.05, 0.1) is 7.11 Å². The minimum absolute atomic E-state index is 0.141. The summed E-state index contributed by atoms with van der Waals surface area (Å²) in [6.07, 6.45) is 2.38. The molecule has 0 aromatic heterocycles. The Labute approximate surface area is 82.9 Å². The Morgan fingerprint density at radius 3 is 2.86 bits per heavy atom. The molecule has 2 rings (SSSR count). The first-order chi connectivity index (χ1) is 6.74. The van der Waals surface area contributed by atoms with Crippen molar-refractivity contribution >= 4 is 11.5 Å². The van der Waals surface area contributed by atoms with E-state index in [1.54, 1.807) is 13.2 Å². The molecule has 1 aliphatic carbocycles. The lowest BCUT2D eigenvalue weighted by atomic mass is 9.89. The lowest BCUT2D eigenvalue weighted by Gasteiger charge is -2.19. The van der Waals surface area contributed by atoms with Crippen molar-refractivity contribution in [3.8, 4) is 5.75 Å². The van der Waals surface area contributed by atoms with Gasteiger partial charge < -0.3 is 10.5 Å². The third-order valence-corrected chi connectivity index (χ3v) is 2.63. The number of benzene rings is 1. The molecule has 0 fully saturated rings. The van der Waals surface area contributed by atoms with E-state index in [1.165, 1.54) is 0 Å². The molecule has 1 aromatic rings. The van der Waals surface area contributed by atoms with E-state index in [1.807, 2.05) is 6.07 Å². The Hall–Kier alpha value is -1.51. The van der Waals surface area contributed by atoms with Crippen molar-refractivity contribution in [3.05, 3.63) is 23.3 Å². The fourth-order valence-corrected chi connectivity index (χ4v) is 1.97.